The third-order valence-electron chi connectivity index (χ3n) is 4.30. The number of halogens is 2. The molecule has 1 aliphatic carbocycles. The molecule has 0 spiro atoms. The van der Waals surface area contributed by atoms with Crippen LogP contribution in [0.1, 0.15) is 39.5 Å². The van der Waals surface area contributed by atoms with Crippen molar-refractivity contribution in [1.82, 2.24) is 15.5 Å². The molecule has 4 nitrogen and oxygen atoms in total. The number of amides is 1. The Labute approximate surface area is 135 Å². The van der Waals surface area contributed by atoms with E-state index in [0.717, 1.165) is 51.6 Å². The zero-order valence-corrected chi connectivity index (χ0v) is 14.2. The summed E-state index contributed by atoms with van der Waals surface area (Å²) in [5, 5.41) is 6.44. The van der Waals surface area contributed by atoms with Gasteiger partial charge in [0.25, 0.3) is 0 Å². The number of nitrogens with one attached hydrogen (secondary N) is 2. The van der Waals surface area contributed by atoms with Crippen molar-refractivity contribution in [3.05, 3.63) is 0 Å². The van der Waals surface area contributed by atoms with Gasteiger partial charge in [-0.3, -0.25) is 9.69 Å². The van der Waals surface area contributed by atoms with Crippen molar-refractivity contribution in [3.63, 3.8) is 0 Å². The van der Waals surface area contributed by atoms with Gasteiger partial charge in [-0.05, 0) is 45.7 Å². The molecule has 20 heavy (non-hydrogen) atoms. The minimum Gasteiger partial charge on any atom is -0.354 e. The molecule has 1 saturated carbocycles. The van der Waals surface area contributed by atoms with Gasteiger partial charge in [0, 0.05) is 25.7 Å². The average Bonchev–Trinajstić information content (AvgIpc) is 3.19. The van der Waals surface area contributed by atoms with Crippen LogP contribution in [-0.2, 0) is 4.79 Å². The molecule has 1 atom stereocenters. The minimum absolute atomic E-state index is 0. The average molecular weight is 326 g/mol. The van der Waals surface area contributed by atoms with Crippen molar-refractivity contribution in [2.75, 3.05) is 32.7 Å². The highest BCUT2D eigenvalue weighted by Crippen LogP contribution is 2.26. The third-order valence-corrected chi connectivity index (χ3v) is 4.30. The Morgan fingerprint density at radius 1 is 1.40 bits per heavy atom. The molecule has 6 heteroatoms. The Hall–Kier alpha value is -0.0300. The van der Waals surface area contributed by atoms with Crippen LogP contribution in [0.3, 0.4) is 0 Å². The fraction of sp³-hybridized carbons (Fsp3) is 0.929. The molecule has 0 aromatic heterocycles. The molecule has 2 fully saturated rings. The molecule has 0 aromatic rings. The van der Waals surface area contributed by atoms with Crippen LogP contribution < -0.4 is 10.6 Å². The summed E-state index contributed by atoms with van der Waals surface area (Å²) >= 11 is 0. The molecule has 0 aromatic carbocycles. The number of nitrogens with zero attached hydrogens (tertiary/aromatic N) is 1. The molecule has 2 aliphatic rings. The van der Waals surface area contributed by atoms with Crippen molar-refractivity contribution < 1.29 is 4.79 Å². The summed E-state index contributed by atoms with van der Waals surface area (Å²) < 4.78 is 0. The Bertz CT molecular complexity index is 292. The van der Waals surface area contributed by atoms with Crippen LogP contribution >= 0.6 is 24.8 Å². The summed E-state index contributed by atoms with van der Waals surface area (Å²) in [7, 11) is 0. The topological polar surface area (TPSA) is 44.4 Å². The standard InChI is InChI=1S/C14H27N3O.2ClH/c1-3-17(12-5-6-12)10-9-16-13(18)14(2)7-4-8-15-11-14;;/h12,15H,3-11H2,1-2H3,(H,16,18);2*1H. The highest BCUT2D eigenvalue weighted by Gasteiger charge is 2.34. The zero-order chi connectivity index (χ0) is 13.0. The maximum Gasteiger partial charge on any atom is 0.227 e. The molecule has 1 unspecified atom stereocenters. The number of hydrogen-bond acceptors (Lipinski definition) is 3. The van der Waals surface area contributed by atoms with Gasteiger partial charge in [0.1, 0.15) is 0 Å². The predicted molar refractivity (Wildman–Crippen MR) is 88.0 cm³/mol. The van der Waals surface area contributed by atoms with Gasteiger partial charge in [-0.25, -0.2) is 0 Å². The van der Waals surface area contributed by atoms with Crippen molar-refractivity contribution in [1.29, 1.82) is 0 Å². The van der Waals surface area contributed by atoms with E-state index in [1.807, 2.05) is 0 Å². The van der Waals surface area contributed by atoms with E-state index in [-0.39, 0.29) is 36.1 Å². The largest absolute Gasteiger partial charge is 0.354 e. The second-order valence-electron chi connectivity index (χ2n) is 5.96. The van der Waals surface area contributed by atoms with Gasteiger partial charge in [-0.15, -0.1) is 24.8 Å². The molecule has 0 radical (unpaired) electrons. The van der Waals surface area contributed by atoms with Crippen molar-refractivity contribution >= 4 is 30.7 Å². The van der Waals surface area contributed by atoms with Crippen LogP contribution in [0.2, 0.25) is 0 Å². The summed E-state index contributed by atoms with van der Waals surface area (Å²) in [5.41, 5.74) is -0.200. The molecule has 0 bridgehead atoms. The van der Waals surface area contributed by atoms with Gasteiger partial charge in [0.15, 0.2) is 0 Å². The lowest BCUT2D eigenvalue weighted by Gasteiger charge is -2.33. The second kappa shape index (κ2) is 9.08. The smallest absolute Gasteiger partial charge is 0.227 e. The quantitative estimate of drug-likeness (QED) is 0.783. The lowest BCUT2D eigenvalue weighted by Crippen LogP contribution is -2.50. The van der Waals surface area contributed by atoms with Gasteiger partial charge >= 0.3 is 0 Å². The molecule has 2 N–H and O–H groups in total. The maximum atomic E-state index is 12.2. The van der Waals surface area contributed by atoms with E-state index in [0.29, 0.717) is 0 Å². The van der Waals surface area contributed by atoms with Crippen LogP contribution in [-0.4, -0.2) is 49.6 Å². The molecule has 120 valence electrons. The lowest BCUT2D eigenvalue weighted by molar-refractivity contribution is -0.131. The zero-order valence-electron chi connectivity index (χ0n) is 12.6. The first-order chi connectivity index (χ1) is 8.65. The van der Waals surface area contributed by atoms with Gasteiger partial charge in [-0.2, -0.15) is 0 Å². The van der Waals surface area contributed by atoms with E-state index in [2.05, 4.69) is 29.4 Å². The Morgan fingerprint density at radius 2 is 2.10 bits per heavy atom. The van der Waals surface area contributed by atoms with E-state index >= 15 is 0 Å². The van der Waals surface area contributed by atoms with Crippen LogP contribution in [0.15, 0.2) is 0 Å². The van der Waals surface area contributed by atoms with Gasteiger partial charge < -0.3 is 10.6 Å². The Morgan fingerprint density at radius 3 is 2.60 bits per heavy atom. The molecule has 2 rings (SSSR count). The fourth-order valence-corrected chi connectivity index (χ4v) is 2.82. The number of hydrogen-bond donors (Lipinski definition) is 2. The third kappa shape index (κ3) is 5.40. The van der Waals surface area contributed by atoms with E-state index in [1.54, 1.807) is 0 Å². The summed E-state index contributed by atoms with van der Waals surface area (Å²) in [6.45, 7) is 9.03. The number of piperidine rings is 1. The monoisotopic (exact) mass is 325 g/mol. The first kappa shape index (κ1) is 20.0. The van der Waals surface area contributed by atoms with Crippen molar-refractivity contribution in [2.45, 2.75) is 45.6 Å². The van der Waals surface area contributed by atoms with Gasteiger partial charge in [0.05, 0.1) is 5.41 Å². The van der Waals surface area contributed by atoms with Gasteiger partial charge in [0.2, 0.25) is 5.91 Å². The van der Waals surface area contributed by atoms with Crippen LogP contribution in [0, 0.1) is 5.41 Å². The van der Waals surface area contributed by atoms with E-state index in [9.17, 15) is 4.79 Å². The van der Waals surface area contributed by atoms with Gasteiger partial charge in [-0.1, -0.05) is 6.92 Å². The molecular formula is C14H29Cl2N3O. The molecule has 1 amide bonds. The SMILES string of the molecule is CCN(CCNC(=O)C1(C)CCCNC1)C1CC1.Cl.Cl. The number of likely N-dealkylation sites (N-methyl/N-ethyl adjacent to an activating group) is 1. The second-order valence-corrected chi connectivity index (χ2v) is 5.96. The highest BCUT2D eigenvalue weighted by molar-refractivity contribution is 5.85. The summed E-state index contributed by atoms with van der Waals surface area (Å²) in [6, 6.07) is 0.791. The number of carbonyl (C=O) groups is 1. The van der Waals surface area contributed by atoms with Crippen molar-refractivity contribution in [2.24, 2.45) is 5.41 Å². The van der Waals surface area contributed by atoms with Crippen LogP contribution in [0.5, 0.6) is 0 Å². The minimum atomic E-state index is -0.200. The molecular weight excluding hydrogens is 297 g/mol. The fourth-order valence-electron chi connectivity index (χ4n) is 2.82. The van der Waals surface area contributed by atoms with Crippen molar-refractivity contribution in [3.8, 4) is 0 Å². The highest BCUT2D eigenvalue weighted by atomic mass is 35.5. The summed E-state index contributed by atoms with van der Waals surface area (Å²) in [6.07, 6.45) is 4.78. The first-order valence-electron chi connectivity index (χ1n) is 7.39. The van der Waals surface area contributed by atoms with E-state index in [4.69, 9.17) is 0 Å². The van der Waals surface area contributed by atoms with E-state index < -0.39 is 0 Å². The number of carbonyl (C=O) groups excluding carboxylic acids is 1. The van der Waals surface area contributed by atoms with Crippen LogP contribution in [0.4, 0.5) is 0 Å². The lowest BCUT2D eigenvalue weighted by atomic mass is 9.82. The van der Waals surface area contributed by atoms with Crippen LogP contribution in [0.25, 0.3) is 0 Å². The Balaban J connectivity index is 0.00000180. The molecule has 1 heterocycles. The normalized spacial score (nSPS) is 25.6. The predicted octanol–water partition coefficient (Wildman–Crippen LogP) is 1.82. The number of rotatable bonds is 6. The Kier molecular flexibility index (Phi) is 9.07. The maximum absolute atomic E-state index is 12.2. The first-order valence-corrected chi connectivity index (χ1v) is 7.39. The molecule has 1 saturated heterocycles. The molecule has 1 aliphatic heterocycles. The van der Waals surface area contributed by atoms with E-state index in [1.165, 1.54) is 12.8 Å². The summed E-state index contributed by atoms with van der Waals surface area (Å²) in [5.74, 6) is 0.224. The summed E-state index contributed by atoms with van der Waals surface area (Å²) in [4.78, 5) is 14.7.